The second-order valence-corrected chi connectivity index (χ2v) is 8.56. The standard InChI is InChI=1S/C30H39N3O/c1-3-5-22-33(23-6-4-2)24-13-25-34-29-20-18-28(19-21-29)32-30(26-14-9-7-10-15-26)31-27-16-11-8-12-17-27/h7-12,14-21H,3-6,13,22-25H2,1-2H3,(H,31,32). The van der Waals surface area contributed by atoms with Crippen LogP contribution in [-0.4, -0.2) is 37.0 Å². The number of unbranched alkanes of at least 4 members (excludes halogenated alkanes) is 2. The fourth-order valence-electron chi connectivity index (χ4n) is 3.74. The van der Waals surface area contributed by atoms with Crippen LogP contribution >= 0.6 is 0 Å². The van der Waals surface area contributed by atoms with Crippen molar-refractivity contribution >= 4 is 17.2 Å². The van der Waals surface area contributed by atoms with Crippen molar-refractivity contribution in [3.05, 3.63) is 90.5 Å². The van der Waals surface area contributed by atoms with E-state index in [9.17, 15) is 0 Å². The summed E-state index contributed by atoms with van der Waals surface area (Å²) in [6, 6.07) is 28.4. The maximum atomic E-state index is 6.01. The minimum atomic E-state index is 0.738. The molecule has 0 amide bonds. The molecule has 3 aromatic rings. The van der Waals surface area contributed by atoms with Crippen LogP contribution in [-0.2, 0) is 0 Å². The minimum Gasteiger partial charge on any atom is -0.494 e. The molecule has 0 heterocycles. The summed E-state index contributed by atoms with van der Waals surface area (Å²) < 4.78 is 6.01. The summed E-state index contributed by atoms with van der Waals surface area (Å²) in [5.41, 5.74) is 2.94. The van der Waals surface area contributed by atoms with Gasteiger partial charge in [0.2, 0.25) is 0 Å². The molecule has 0 saturated heterocycles. The van der Waals surface area contributed by atoms with Crippen molar-refractivity contribution in [3.63, 3.8) is 0 Å². The minimum absolute atomic E-state index is 0.738. The first-order valence-corrected chi connectivity index (χ1v) is 12.7. The molecular formula is C30H39N3O. The number of anilines is 1. The van der Waals surface area contributed by atoms with Gasteiger partial charge in [0.25, 0.3) is 0 Å². The van der Waals surface area contributed by atoms with E-state index in [1.54, 1.807) is 0 Å². The molecule has 0 fully saturated rings. The zero-order valence-electron chi connectivity index (χ0n) is 20.7. The fraction of sp³-hybridized carbons (Fsp3) is 0.367. The van der Waals surface area contributed by atoms with Crippen LogP contribution in [0, 0.1) is 0 Å². The average molecular weight is 458 g/mol. The maximum absolute atomic E-state index is 6.01. The molecule has 3 rings (SSSR count). The lowest BCUT2D eigenvalue weighted by molar-refractivity contribution is 0.229. The van der Waals surface area contributed by atoms with Gasteiger partial charge in [0, 0.05) is 17.8 Å². The van der Waals surface area contributed by atoms with Gasteiger partial charge in [-0.2, -0.15) is 0 Å². The van der Waals surface area contributed by atoms with E-state index in [0.717, 1.165) is 48.1 Å². The summed E-state index contributed by atoms with van der Waals surface area (Å²) in [4.78, 5) is 7.47. The van der Waals surface area contributed by atoms with Gasteiger partial charge < -0.3 is 15.0 Å². The van der Waals surface area contributed by atoms with Crippen LogP contribution in [0.1, 0.15) is 51.5 Å². The van der Waals surface area contributed by atoms with Crippen LogP contribution in [0.15, 0.2) is 89.9 Å². The lowest BCUT2D eigenvalue weighted by Crippen LogP contribution is -2.28. The number of nitrogens with zero attached hydrogens (tertiary/aromatic N) is 2. The number of ether oxygens (including phenoxy) is 1. The molecule has 0 aliphatic heterocycles. The third-order valence-electron chi connectivity index (χ3n) is 5.70. The molecule has 1 N–H and O–H groups in total. The maximum Gasteiger partial charge on any atom is 0.138 e. The summed E-state index contributed by atoms with van der Waals surface area (Å²) in [7, 11) is 0. The number of aliphatic imine (C=N–C) groups is 1. The van der Waals surface area contributed by atoms with E-state index < -0.39 is 0 Å². The predicted molar refractivity (Wildman–Crippen MR) is 146 cm³/mol. The Kier molecular flexibility index (Phi) is 11.2. The third kappa shape index (κ3) is 9.03. The number of hydrogen-bond acceptors (Lipinski definition) is 3. The van der Waals surface area contributed by atoms with Crippen molar-refractivity contribution < 1.29 is 4.74 Å². The smallest absolute Gasteiger partial charge is 0.138 e. The Bertz CT molecular complexity index is 947. The van der Waals surface area contributed by atoms with Gasteiger partial charge in [0.1, 0.15) is 11.6 Å². The molecule has 180 valence electrons. The molecule has 34 heavy (non-hydrogen) atoms. The summed E-state index contributed by atoms with van der Waals surface area (Å²) >= 11 is 0. The number of para-hydroxylation sites is 1. The molecule has 0 unspecified atom stereocenters. The second kappa shape index (κ2) is 14.9. The Morgan fingerprint density at radius 2 is 1.32 bits per heavy atom. The topological polar surface area (TPSA) is 36.9 Å². The molecular weight excluding hydrogens is 418 g/mol. The van der Waals surface area contributed by atoms with Crippen LogP contribution in [0.4, 0.5) is 11.4 Å². The van der Waals surface area contributed by atoms with Gasteiger partial charge in [-0.15, -0.1) is 0 Å². The van der Waals surface area contributed by atoms with E-state index >= 15 is 0 Å². The largest absolute Gasteiger partial charge is 0.494 e. The molecule has 0 atom stereocenters. The molecule has 3 aromatic carbocycles. The summed E-state index contributed by atoms with van der Waals surface area (Å²) in [6.45, 7) is 8.76. The molecule has 0 aliphatic carbocycles. The highest BCUT2D eigenvalue weighted by atomic mass is 16.5. The lowest BCUT2D eigenvalue weighted by atomic mass is 10.2. The lowest BCUT2D eigenvalue weighted by Gasteiger charge is -2.21. The Morgan fingerprint density at radius 3 is 1.94 bits per heavy atom. The molecule has 0 radical (unpaired) electrons. The fourth-order valence-corrected chi connectivity index (χ4v) is 3.74. The highest BCUT2D eigenvalue weighted by Crippen LogP contribution is 2.20. The van der Waals surface area contributed by atoms with E-state index in [1.807, 2.05) is 72.8 Å². The molecule has 4 nitrogen and oxygen atoms in total. The monoisotopic (exact) mass is 457 g/mol. The van der Waals surface area contributed by atoms with Crippen molar-refractivity contribution in [1.82, 2.24) is 4.90 Å². The van der Waals surface area contributed by atoms with Crippen LogP contribution in [0.3, 0.4) is 0 Å². The summed E-state index contributed by atoms with van der Waals surface area (Å²) in [5, 5.41) is 3.45. The Balaban J connectivity index is 1.57. The Labute approximate surface area is 205 Å². The van der Waals surface area contributed by atoms with Crippen molar-refractivity contribution in [2.45, 2.75) is 46.0 Å². The van der Waals surface area contributed by atoms with Crippen molar-refractivity contribution in [2.75, 3.05) is 31.6 Å². The normalized spacial score (nSPS) is 11.6. The average Bonchev–Trinajstić information content (AvgIpc) is 2.89. The van der Waals surface area contributed by atoms with Gasteiger partial charge in [0.05, 0.1) is 12.3 Å². The Hall–Kier alpha value is -3.11. The number of benzene rings is 3. The van der Waals surface area contributed by atoms with E-state index in [-0.39, 0.29) is 0 Å². The zero-order chi connectivity index (χ0) is 23.8. The van der Waals surface area contributed by atoms with Gasteiger partial charge in [-0.1, -0.05) is 75.2 Å². The first-order valence-electron chi connectivity index (χ1n) is 12.7. The SMILES string of the molecule is CCCCN(CCCC)CCCOc1ccc(N=C(Nc2ccccc2)c2ccccc2)cc1. The number of rotatable bonds is 14. The van der Waals surface area contributed by atoms with Crippen LogP contribution in [0.25, 0.3) is 0 Å². The highest BCUT2D eigenvalue weighted by Gasteiger charge is 2.06. The molecule has 0 saturated carbocycles. The molecule has 0 spiro atoms. The number of hydrogen-bond donors (Lipinski definition) is 1. The predicted octanol–water partition coefficient (Wildman–Crippen LogP) is 7.55. The highest BCUT2D eigenvalue weighted by molar-refractivity contribution is 6.09. The second-order valence-electron chi connectivity index (χ2n) is 8.56. The van der Waals surface area contributed by atoms with Gasteiger partial charge in [-0.05, 0) is 68.8 Å². The van der Waals surface area contributed by atoms with Crippen LogP contribution in [0.5, 0.6) is 5.75 Å². The van der Waals surface area contributed by atoms with E-state index in [4.69, 9.17) is 9.73 Å². The first-order chi connectivity index (χ1) is 16.8. The van der Waals surface area contributed by atoms with Gasteiger partial charge in [0.15, 0.2) is 0 Å². The molecule has 0 aliphatic rings. The van der Waals surface area contributed by atoms with Gasteiger partial charge in [-0.3, -0.25) is 0 Å². The van der Waals surface area contributed by atoms with Crippen LogP contribution < -0.4 is 10.1 Å². The van der Waals surface area contributed by atoms with Crippen LogP contribution in [0.2, 0.25) is 0 Å². The van der Waals surface area contributed by atoms with Crippen molar-refractivity contribution in [1.29, 1.82) is 0 Å². The quantitative estimate of drug-likeness (QED) is 0.154. The molecule has 0 bridgehead atoms. The third-order valence-corrected chi connectivity index (χ3v) is 5.70. The Morgan fingerprint density at radius 1 is 0.735 bits per heavy atom. The number of nitrogens with one attached hydrogen (secondary N) is 1. The molecule has 4 heteroatoms. The first kappa shape index (κ1) is 25.5. The number of amidine groups is 1. The van der Waals surface area contributed by atoms with Gasteiger partial charge >= 0.3 is 0 Å². The van der Waals surface area contributed by atoms with E-state index in [2.05, 4.69) is 36.2 Å². The summed E-state index contributed by atoms with van der Waals surface area (Å²) in [5.74, 6) is 1.71. The van der Waals surface area contributed by atoms with E-state index in [0.29, 0.717) is 0 Å². The van der Waals surface area contributed by atoms with Crippen molar-refractivity contribution in [3.8, 4) is 5.75 Å². The van der Waals surface area contributed by atoms with Gasteiger partial charge in [-0.25, -0.2) is 4.99 Å². The summed E-state index contributed by atoms with van der Waals surface area (Å²) in [6.07, 6.45) is 6.10. The van der Waals surface area contributed by atoms with Crippen molar-refractivity contribution in [2.24, 2.45) is 4.99 Å². The van der Waals surface area contributed by atoms with E-state index in [1.165, 1.54) is 38.8 Å². The molecule has 0 aromatic heterocycles. The zero-order valence-corrected chi connectivity index (χ0v) is 20.7.